The Balaban J connectivity index is 2.59. The smallest absolute Gasteiger partial charge is 0.218 e. The fourth-order valence-electron chi connectivity index (χ4n) is 1.79. The van der Waals surface area contributed by atoms with Crippen LogP contribution in [0, 0.1) is 0 Å². The second-order valence-corrected chi connectivity index (χ2v) is 4.63. The Hall–Kier alpha value is -1.86. The lowest BCUT2D eigenvalue weighted by molar-refractivity contribution is 0.143. The minimum Gasteiger partial charge on any atom is -0.475 e. The topological polar surface area (TPSA) is 77.0 Å². The maximum absolute atomic E-state index is 5.62. The maximum atomic E-state index is 5.62. The summed E-state index contributed by atoms with van der Waals surface area (Å²) in [6.45, 7) is 8.37. The number of pyridine rings is 1. The van der Waals surface area contributed by atoms with Crippen LogP contribution in [0.5, 0.6) is 5.88 Å². The van der Waals surface area contributed by atoms with Crippen molar-refractivity contribution >= 4 is 5.96 Å². The fourth-order valence-corrected chi connectivity index (χ4v) is 1.79. The van der Waals surface area contributed by atoms with Crippen molar-refractivity contribution in [2.45, 2.75) is 20.4 Å². The van der Waals surface area contributed by atoms with Gasteiger partial charge in [0.25, 0.3) is 0 Å². The van der Waals surface area contributed by atoms with Crippen LogP contribution in [0.2, 0.25) is 0 Å². The van der Waals surface area contributed by atoms with E-state index in [0.29, 0.717) is 45.4 Å². The van der Waals surface area contributed by atoms with Gasteiger partial charge in [0, 0.05) is 38.6 Å². The van der Waals surface area contributed by atoms with Crippen molar-refractivity contribution in [2.75, 3.05) is 46.6 Å². The number of nitrogens with one attached hydrogen (secondary N) is 2. The molecule has 1 aromatic rings. The summed E-state index contributed by atoms with van der Waals surface area (Å²) in [5.74, 6) is 1.34. The zero-order valence-corrected chi connectivity index (χ0v) is 14.3. The zero-order valence-electron chi connectivity index (χ0n) is 14.3. The van der Waals surface area contributed by atoms with Gasteiger partial charge in [-0.1, -0.05) is 6.07 Å². The fraction of sp³-hybridized carbons (Fsp3) is 0.625. The monoisotopic (exact) mass is 324 g/mol. The van der Waals surface area contributed by atoms with E-state index in [9.17, 15) is 0 Å². The summed E-state index contributed by atoms with van der Waals surface area (Å²) in [6.07, 6.45) is 1.71. The molecule has 7 nitrogen and oxygen atoms in total. The van der Waals surface area contributed by atoms with Crippen molar-refractivity contribution in [3.8, 4) is 5.88 Å². The summed E-state index contributed by atoms with van der Waals surface area (Å²) in [7, 11) is 1.64. The molecule has 0 aliphatic rings. The molecule has 0 aliphatic heterocycles. The third-order valence-corrected chi connectivity index (χ3v) is 2.87. The lowest BCUT2D eigenvalue weighted by Gasteiger charge is -2.12. The van der Waals surface area contributed by atoms with E-state index in [1.807, 2.05) is 26.0 Å². The molecule has 7 heteroatoms. The number of aliphatic imine (C=N–C) groups is 1. The highest BCUT2D eigenvalue weighted by Gasteiger charge is 2.05. The SMILES string of the molecule is CCNC(=NCc1cccnc1OCCOC)NCCOCC. The molecule has 130 valence electrons. The lowest BCUT2D eigenvalue weighted by Crippen LogP contribution is -2.39. The first-order chi connectivity index (χ1) is 11.3. The average molecular weight is 324 g/mol. The molecule has 1 aromatic heterocycles. The summed E-state index contributed by atoms with van der Waals surface area (Å²) in [5.41, 5.74) is 0.936. The molecular formula is C16H28N4O3. The van der Waals surface area contributed by atoms with Gasteiger partial charge in [-0.2, -0.15) is 0 Å². The predicted molar refractivity (Wildman–Crippen MR) is 90.9 cm³/mol. The van der Waals surface area contributed by atoms with Crippen LogP contribution in [0.4, 0.5) is 0 Å². The molecular weight excluding hydrogens is 296 g/mol. The summed E-state index contributed by atoms with van der Waals surface area (Å²) >= 11 is 0. The van der Waals surface area contributed by atoms with Crippen molar-refractivity contribution in [3.05, 3.63) is 23.9 Å². The molecule has 0 saturated carbocycles. The summed E-state index contributed by atoms with van der Waals surface area (Å²) < 4.78 is 15.9. The summed E-state index contributed by atoms with van der Waals surface area (Å²) in [6, 6.07) is 3.84. The number of guanidine groups is 1. The maximum Gasteiger partial charge on any atom is 0.218 e. The average Bonchev–Trinajstić information content (AvgIpc) is 2.57. The Kier molecular flexibility index (Phi) is 10.6. The Labute approximate surface area is 138 Å². The van der Waals surface area contributed by atoms with E-state index in [0.717, 1.165) is 18.1 Å². The highest BCUT2D eigenvalue weighted by Crippen LogP contribution is 2.15. The molecule has 0 fully saturated rings. The minimum absolute atomic E-state index is 0.469. The van der Waals surface area contributed by atoms with Crippen LogP contribution >= 0.6 is 0 Å². The van der Waals surface area contributed by atoms with Gasteiger partial charge in [-0.15, -0.1) is 0 Å². The molecule has 2 N–H and O–H groups in total. The second-order valence-electron chi connectivity index (χ2n) is 4.63. The first kappa shape index (κ1) is 19.2. The van der Waals surface area contributed by atoms with Gasteiger partial charge in [-0.05, 0) is 19.9 Å². The van der Waals surface area contributed by atoms with Crippen LogP contribution in [0.1, 0.15) is 19.4 Å². The van der Waals surface area contributed by atoms with Crippen LogP contribution in [-0.2, 0) is 16.0 Å². The summed E-state index contributed by atoms with van der Waals surface area (Å²) in [5, 5.41) is 6.43. The van der Waals surface area contributed by atoms with Gasteiger partial charge in [0.05, 0.1) is 19.8 Å². The molecule has 0 radical (unpaired) electrons. The Morgan fingerprint density at radius 2 is 2.09 bits per heavy atom. The van der Waals surface area contributed by atoms with Gasteiger partial charge in [0.2, 0.25) is 5.88 Å². The molecule has 0 amide bonds. The summed E-state index contributed by atoms with van der Waals surface area (Å²) in [4.78, 5) is 8.81. The van der Waals surface area contributed by atoms with Crippen LogP contribution in [0.25, 0.3) is 0 Å². The normalized spacial score (nSPS) is 11.3. The number of hydrogen-bond acceptors (Lipinski definition) is 5. The van der Waals surface area contributed by atoms with Crippen LogP contribution in [0.3, 0.4) is 0 Å². The molecule has 0 aromatic carbocycles. The van der Waals surface area contributed by atoms with Gasteiger partial charge >= 0.3 is 0 Å². The van der Waals surface area contributed by atoms with Crippen molar-refractivity contribution in [1.82, 2.24) is 15.6 Å². The molecule has 1 rings (SSSR count). The minimum atomic E-state index is 0.469. The van der Waals surface area contributed by atoms with Gasteiger partial charge in [0.1, 0.15) is 6.61 Å². The Morgan fingerprint density at radius 3 is 2.83 bits per heavy atom. The lowest BCUT2D eigenvalue weighted by atomic mass is 10.3. The van der Waals surface area contributed by atoms with Crippen LogP contribution < -0.4 is 15.4 Å². The van der Waals surface area contributed by atoms with E-state index in [-0.39, 0.29) is 0 Å². The number of nitrogens with zero attached hydrogens (tertiary/aromatic N) is 2. The van der Waals surface area contributed by atoms with E-state index >= 15 is 0 Å². The van der Waals surface area contributed by atoms with Gasteiger partial charge in [0.15, 0.2) is 5.96 Å². The standard InChI is InChI=1S/C16H28N4O3/c1-4-17-16(19-9-10-22-5-2)20-13-14-7-6-8-18-15(14)23-12-11-21-3/h6-8H,4-5,9-13H2,1-3H3,(H2,17,19,20). The Bertz CT molecular complexity index is 455. The van der Waals surface area contributed by atoms with Crippen molar-refractivity contribution in [1.29, 1.82) is 0 Å². The highest BCUT2D eigenvalue weighted by atomic mass is 16.5. The van der Waals surface area contributed by atoms with Crippen LogP contribution in [-0.4, -0.2) is 57.6 Å². The quantitative estimate of drug-likeness (QED) is 0.362. The molecule has 0 saturated heterocycles. The molecule has 0 bridgehead atoms. The third-order valence-electron chi connectivity index (χ3n) is 2.87. The number of aromatic nitrogens is 1. The van der Waals surface area contributed by atoms with E-state index in [1.54, 1.807) is 13.3 Å². The number of rotatable bonds is 11. The van der Waals surface area contributed by atoms with Gasteiger partial charge in [-0.3, -0.25) is 0 Å². The van der Waals surface area contributed by atoms with Crippen molar-refractivity contribution in [3.63, 3.8) is 0 Å². The molecule has 0 unspecified atom stereocenters. The number of methoxy groups -OCH3 is 1. The van der Waals surface area contributed by atoms with Gasteiger partial charge in [-0.25, -0.2) is 9.98 Å². The first-order valence-corrected chi connectivity index (χ1v) is 7.97. The van der Waals surface area contributed by atoms with E-state index < -0.39 is 0 Å². The zero-order chi connectivity index (χ0) is 16.8. The molecule has 1 heterocycles. The van der Waals surface area contributed by atoms with E-state index in [1.165, 1.54) is 0 Å². The van der Waals surface area contributed by atoms with Gasteiger partial charge < -0.3 is 24.8 Å². The predicted octanol–water partition coefficient (Wildman–Crippen LogP) is 1.20. The molecule has 0 spiro atoms. The van der Waals surface area contributed by atoms with Crippen molar-refractivity contribution < 1.29 is 14.2 Å². The Morgan fingerprint density at radius 1 is 1.22 bits per heavy atom. The number of ether oxygens (including phenoxy) is 3. The van der Waals surface area contributed by atoms with Crippen LogP contribution in [0.15, 0.2) is 23.3 Å². The molecule has 23 heavy (non-hydrogen) atoms. The first-order valence-electron chi connectivity index (χ1n) is 7.97. The van der Waals surface area contributed by atoms with E-state index in [2.05, 4.69) is 20.6 Å². The second kappa shape index (κ2) is 12.7. The molecule has 0 aliphatic carbocycles. The van der Waals surface area contributed by atoms with Crippen molar-refractivity contribution in [2.24, 2.45) is 4.99 Å². The van der Waals surface area contributed by atoms with E-state index in [4.69, 9.17) is 14.2 Å². The third kappa shape index (κ3) is 8.37. The number of hydrogen-bond donors (Lipinski definition) is 2. The highest BCUT2D eigenvalue weighted by molar-refractivity contribution is 5.79. The largest absolute Gasteiger partial charge is 0.475 e. The molecule has 0 atom stereocenters.